The summed E-state index contributed by atoms with van der Waals surface area (Å²) >= 11 is 6.29. The van der Waals surface area contributed by atoms with Crippen LogP contribution in [-0.2, 0) is 13.6 Å². The van der Waals surface area contributed by atoms with Gasteiger partial charge in [-0.2, -0.15) is 5.10 Å². The van der Waals surface area contributed by atoms with E-state index in [0.717, 1.165) is 18.2 Å². The monoisotopic (exact) mass is 305 g/mol. The lowest BCUT2D eigenvalue weighted by Crippen LogP contribution is -2.49. The molecule has 0 unspecified atom stereocenters. The van der Waals surface area contributed by atoms with Crippen LogP contribution < -0.4 is 5.32 Å². The fourth-order valence-electron chi connectivity index (χ4n) is 3.36. The van der Waals surface area contributed by atoms with Crippen LogP contribution >= 0.6 is 11.6 Å². The number of nitrogens with zero attached hydrogens (tertiary/aromatic N) is 2. The average molecular weight is 306 g/mol. The van der Waals surface area contributed by atoms with E-state index >= 15 is 0 Å². The molecular formula is C17H24ClN3. The zero-order valence-corrected chi connectivity index (χ0v) is 13.7. The fourth-order valence-corrected chi connectivity index (χ4v) is 3.72. The van der Waals surface area contributed by atoms with Crippen molar-refractivity contribution < 1.29 is 0 Å². The Morgan fingerprint density at radius 1 is 1.33 bits per heavy atom. The Labute approximate surface area is 131 Å². The molecule has 1 saturated carbocycles. The van der Waals surface area contributed by atoms with E-state index in [4.69, 9.17) is 11.6 Å². The van der Waals surface area contributed by atoms with Crippen molar-refractivity contribution in [3.05, 3.63) is 30.0 Å². The quantitative estimate of drug-likeness (QED) is 0.870. The van der Waals surface area contributed by atoms with Gasteiger partial charge in [0.15, 0.2) is 0 Å². The van der Waals surface area contributed by atoms with E-state index < -0.39 is 0 Å². The van der Waals surface area contributed by atoms with E-state index in [1.165, 1.54) is 36.6 Å². The molecule has 0 spiro atoms. The summed E-state index contributed by atoms with van der Waals surface area (Å²) in [7, 11) is 2.01. The third-order valence-corrected chi connectivity index (χ3v) is 5.46. The Hall–Kier alpha value is -1.06. The number of rotatable bonds is 4. The second kappa shape index (κ2) is 5.98. The molecule has 1 heterocycles. The van der Waals surface area contributed by atoms with Gasteiger partial charge >= 0.3 is 0 Å². The number of alkyl halides is 1. The van der Waals surface area contributed by atoms with Gasteiger partial charge in [0.05, 0.1) is 11.2 Å². The highest BCUT2D eigenvalue weighted by atomic mass is 35.5. The van der Waals surface area contributed by atoms with Gasteiger partial charge in [0.25, 0.3) is 0 Å². The molecule has 0 saturated heterocycles. The van der Waals surface area contributed by atoms with E-state index in [1.807, 2.05) is 11.7 Å². The number of nitrogens with one attached hydrogen (secondary N) is 1. The zero-order chi connectivity index (χ0) is 14.9. The molecule has 0 aliphatic heterocycles. The standard InChI is InChI=1S/C17H24ClN3/c1-13-7-9-17(12-18,10-8-13)19-11-15-14-5-3-4-6-16(14)21(2)20-15/h3-6,13,19H,7-12H2,1-2H3. The molecule has 3 rings (SSSR count). The van der Waals surface area contributed by atoms with Crippen LogP contribution in [0, 0.1) is 5.92 Å². The van der Waals surface area contributed by atoms with Crippen LogP contribution in [0.1, 0.15) is 38.3 Å². The summed E-state index contributed by atoms with van der Waals surface area (Å²) in [6.45, 7) is 3.13. The summed E-state index contributed by atoms with van der Waals surface area (Å²) in [6.07, 6.45) is 4.87. The summed E-state index contributed by atoms with van der Waals surface area (Å²) in [5.74, 6) is 1.52. The molecule has 1 aromatic carbocycles. The SMILES string of the molecule is CC1CCC(CCl)(NCc2nn(C)c3ccccc23)CC1. The number of aromatic nitrogens is 2. The van der Waals surface area contributed by atoms with Crippen molar-refractivity contribution >= 4 is 22.5 Å². The molecule has 1 aliphatic carbocycles. The Balaban J connectivity index is 1.76. The third-order valence-electron chi connectivity index (χ3n) is 4.95. The molecular weight excluding hydrogens is 282 g/mol. The fraction of sp³-hybridized carbons (Fsp3) is 0.588. The summed E-state index contributed by atoms with van der Waals surface area (Å²) < 4.78 is 1.96. The van der Waals surface area contributed by atoms with Crippen molar-refractivity contribution in [1.82, 2.24) is 15.1 Å². The normalized spacial score (nSPS) is 26.3. The Bertz CT molecular complexity index is 612. The Kier molecular flexibility index (Phi) is 4.23. The van der Waals surface area contributed by atoms with E-state index in [9.17, 15) is 0 Å². The first kappa shape index (κ1) is 14.9. The zero-order valence-electron chi connectivity index (χ0n) is 12.9. The first-order valence-electron chi connectivity index (χ1n) is 7.85. The molecule has 1 N–H and O–H groups in total. The number of halogens is 1. The van der Waals surface area contributed by atoms with Gasteiger partial charge in [0, 0.05) is 30.4 Å². The highest BCUT2D eigenvalue weighted by Crippen LogP contribution is 2.33. The molecule has 0 bridgehead atoms. The Morgan fingerprint density at radius 3 is 2.76 bits per heavy atom. The molecule has 0 atom stereocenters. The number of hydrogen-bond donors (Lipinski definition) is 1. The van der Waals surface area contributed by atoms with E-state index in [-0.39, 0.29) is 5.54 Å². The topological polar surface area (TPSA) is 29.9 Å². The minimum Gasteiger partial charge on any atom is -0.304 e. The minimum atomic E-state index is 0.0900. The first-order chi connectivity index (χ1) is 10.1. The van der Waals surface area contributed by atoms with Gasteiger partial charge in [-0.1, -0.05) is 25.1 Å². The lowest BCUT2D eigenvalue weighted by Gasteiger charge is -2.38. The highest BCUT2D eigenvalue weighted by Gasteiger charge is 2.33. The van der Waals surface area contributed by atoms with Crippen molar-refractivity contribution in [3.63, 3.8) is 0 Å². The molecule has 114 valence electrons. The van der Waals surface area contributed by atoms with Gasteiger partial charge in [-0.3, -0.25) is 4.68 Å². The van der Waals surface area contributed by atoms with Crippen LogP contribution in [0.5, 0.6) is 0 Å². The van der Waals surface area contributed by atoms with E-state index in [2.05, 4.69) is 41.6 Å². The number of benzene rings is 1. The molecule has 3 nitrogen and oxygen atoms in total. The van der Waals surface area contributed by atoms with Crippen molar-refractivity contribution in [2.75, 3.05) is 5.88 Å². The lowest BCUT2D eigenvalue weighted by atomic mass is 9.78. The maximum absolute atomic E-state index is 6.29. The van der Waals surface area contributed by atoms with E-state index in [0.29, 0.717) is 5.88 Å². The van der Waals surface area contributed by atoms with Gasteiger partial charge in [-0.15, -0.1) is 11.6 Å². The van der Waals surface area contributed by atoms with Crippen LogP contribution in [0.25, 0.3) is 10.9 Å². The van der Waals surface area contributed by atoms with Crippen LogP contribution in [-0.4, -0.2) is 21.2 Å². The second-order valence-electron chi connectivity index (χ2n) is 6.54. The van der Waals surface area contributed by atoms with Crippen LogP contribution in [0.4, 0.5) is 0 Å². The number of fused-ring (bicyclic) bond motifs is 1. The van der Waals surface area contributed by atoms with Gasteiger partial charge in [0.1, 0.15) is 0 Å². The summed E-state index contributed by atoms with van der Waals surface area (Å²) in [5, 5.41) is 9.62. The molecule has 0 radical (unpaired) electrons. The lowest BCUT2D eigenvalue weighted by molar-refractivity contribution is 0.215. The predicted molar refractivity (Wildman–Crippen MR) is 88.6 cm³/mol. The average Bonchev–Trinajstić information content (AvgIpc) is 2.84. The first-order valence-corrected chi connectivity index (χ1v) is 8.39. The number of aryl methyl sites for hydroxylation is 1. The molecule has 0 amide bonds. The maximum Gasteiger partial charge on any atom is 0.0841 e. The second-order valence-corrected chi connectivity index (χ2v) is 6.80. The summed E-state index contributed by atoms with van der Waals surface area (Å²) in [6, 6.07) is 8.40. The Morgan fingerprint density at radius 2 is 2.05 bits per heavy atom. The molecule has 2 aromatic rings. The predicted octanol–water partition coefficient (Wildman–Crippen LogP) is 3.85. The van der Waals surface area contributed by atoms with Crippen molar-refractivity contribution in [2.24, 2.45) is 13.0 Å². The van der Waals surface area contributed by atoms with Crippen molar-refractivity contribution in [3.8, 4) is 0 Å². The molecule has 4 heteroatoms. The van der Waals surface area contributed by atoms with Crippen LogP contribution in [0.2, 0.25) is 0 Å². The van der Waals surface area contributed by atoms with Gasteiger partial charge in [-0.25, -0.2) is 0 Å². The summed E-state index contributed by atoms with van der Waals surface area (Å²) in [4.78, 5) is 0. The minimum absolute atomic E-state index is 0.0900. The van der Waals surface area contributed by atoms with Gasteiger partial charge in [-0.05, 0) is 37.7 Å². The number of para-hydroxylation sites is 1. The highest BCUT2D eigenvalue weighted by molar-refractivity contribution is 6.18. The molecule has 21 heavy (non-hydrogen) atoms. The maximum atomic E-state index is 6.29. The molecule has 1 fully saturated rings. The third kappa shape index (κ3) is 2.95. The van der Waals surface area contributed by atoms with Crippen LogP contribution in [0.3, 0.4) is 0 Å². The van der Waals surface area contributed by atoms with E-state index in [1.54, 1.807) is 0 Å². The summed E-state index contributed by atoms with van der Waals surface area (Å²) in [5.41, 5.74) is 2.40. The van der Waals surface area contributed by atoms with Crippen molar-refractivity contribution in [2.45, 2.75) is 44.7 Å². The van der Waals surface area contributed by atoms with Gasteiger partial charge < -0.3 is 5.32 Å². The smallest absolute Gasteiger partial charge is 0.0841 e. The largest absolute Gasteiger partial charge is 0.304 e. The van der Waals surface area contributed by atoms with Crippen LogP contribution in [0.15, 0.2) is 24.3 Å². The van der Waals surface area contributed by atoms with Gasteiger partial charge in [0.2, 0.25) is 0 Å². The molecule has 1 aromatic heterocycles. The molecule has 1 aliphatic rings. The van der Waals surface area contributed by atoms with Crippen molar-refractivity contribution in [1.29, 1.82) is 0 Å². The number of hydrogen-bond acceptors (Lipinski definition) is 2.